The van der Waals surface area contributed by atoms with Crippen molar-refractivity contribution in [1.29, 1.82) is 0 Å². The van der Waals surface area contributed by atoms with Crippen LogP contribution in [0.3, 0.4) is 0 Å². The minimum Gasteiger partial charge on any atom is -0.309 e. The number of rotatable bonds is 3. The average molecular weight is 355 g/mol. The fourth-order valence-electron chi connectivity index (χ4n) is 2.76. The van der Waals surface area contributed by atoms with Gasteiger partial charge < -0.3 is 5.32 Å². The number of halogens is 3. The molecule has 2 N–H and O–H groups in total. The molecule has 0 amide bonds. The number of benzene rings is 2. The van der Waals surface area contributed by atoms with Crippen LogP contribution in [0, 0.1) is 0 Å². The standard InChI is InChI=1S/C18H12F3N5/c19-18(20,21)14-8-4-3-7-13(14)15-9-11-5-1-2-6-12(11)16(24-15)25-17-22-10-23-26-17/h1-10H,(H2,22,23,24,25,26). The zero-order valence-electron chi connectivity index (χ0n) is 13.2. The SMILES string of the molecule is FC(F)(F)c1ccccc1-c1cc2ccccc2c(Nc2ncn[nH]2)n1. The molecule has 2 aromatic heterocycles. The van der Waals surface area contributed by atoms with Crippen LogP contribution in [-0.2, 0) is 6.18 Å². The van der Waals surface area contributed by atoms with Crippen LogP contribution in [0.15, 0.2) is 60.9 Å². The first-order valence-electron chi connectivity index (χ1n) is 7.71. The van der Waals surface area contributed by atoms with E-state index in [2.05, 4.69) is 25.5 Å². The summed E-state index contributed by atoms with van der Waals surface area (Å²) in [5.74, 6) is 0.746. The van der Waals surface area contributed by atoms with E-state index < -0.39 is 11.7 Å². The lowest BCUT2D eigenvalue weighted by atomic mass is 10.0. The molecule has 26 heavy (non-hydrogen) atoms. The van der Waals surface area contributed by atoms with E-state index >= 15 is 0 Å². The van der Waals surface area contributed by atoms with Gasteiger partial charge in [0.1, 0.15) is 12.1 Å². The Morgan fingerprint density at radius 2 is 1.73 bits per heavy atom. The number of pyridine rings is 1. The smallest absolute Gasteiger partial charge is 0.309 e. The fraction of sp³-hybridized carbons (Fsp3) is 0.0556. The molecule has 2 aromatic carbocycles. The molecule has 0 radical (unpaired) electrons. The minimum absolute atomic E-state index is 0.0198. The highest BCUT2D eigenvalue weighted by atomic mass is 19.4. The molecule has 0 unspecified atom stereocenters. The molecule has 4 rings (SSSR count). The van der Waals surface area contributed by atoms with Crippen LogP contribution in [-0.4, -0.2) is 20.2 Å². The van der Waals surface area contributed by atoms with E-state index in [-0.39, 0.29) is 11.3 Å². The van der Waals surface area contributed by atoms with Crippen LogP contribution in [0.25, 0.3) is 22.0 Å². The van der Waals surface area contributed by atoms with Gasteiger partial charge in [0.25, 0.3) is 0 Å². The van der Waals surface area contributed by atoms with Crippen molar-refractivity contribution in [1.82, 2.24) is 20.2 Å². The van der Waals surface area contributed by atoms with Crippen molar-refractivity contribution in [2.24, 2.45) is 0 Å². The number of hydrogen-bond acceptors (Lipinski definition) is 4. The lowest BCUT2D eigenvalue weighted by Gasteiger charge is -2.14. The fourth-order valence-corrected chi connectivity index (χ4v) is 2.76. The van der Waals surface area contributed by atoms with Crippen molar-refractivity contribution in [3.63, 3.8) is 0 Å². The first kappa shape index (κ1) is 16.1. The Balaban J connectivity index is 1.92. The summed E-state index contributed by atoms with van der Waals surface area (Å²) >= 11 is 0. The van der Waals surface area contributed by atoms with Crippen LogP contribution in [0.1, 0.15) is 5.56 Å². The second-order valence-corrected chi connectivity index (χ2v) is 5.58. The highest BCUT2D eigenvalue weighted by Gasteiger charge is 2.33. The molecule has 0 saturated carbocycles. The van der Waals surface area contributed by atoms with Crippen molar-refractivity contribution in [3.05, 3.63) is 66.5 Å². The summed E-state index contributed by atoms with van der Waals surface area (Å²) in [4.78, 5) is 8.40. The van der Waals surface area contributed by atoms with Gasteiger partial charge in [0, 0.05) is 10.9 Å². The van der Waals surface area contributed by atoms with Crippen LogP contribution in [0.4, 0.5) is 24.9 Å². The Bertz CT molecular complexity index is 1060. The first-order chi connectivity index (χ1) is 12.5. The van der Waals surface area contributed by atoms with Gasteiger partial charge >= 0.3 is 6.18 Å². The summed E-state index contributed by atoms with van der Waals surface area (Å²) in [6.07, 6.45) is -3.14. The monoisotopic (exact) mass is 355 g/mol. The molecule has 2 heterocycles. The van der Waals surface area contributed by atoms with Crippen LogP contribution in [0.2, 0.25) is 0 Å². The first-order valence-corrected chi connectivity index (χ1v) is 7.71. The Kier molecular flexibility index (Phi) is 3.80. The summed E-state index contributed by atoms with van der Waals surface area (Å²) in [6.45, 7) is 0. The van der Waals surface area contributed by atoms with Crippen molar-refractivity contribution in [2.45, 2.75) is 6.18 Å². The summed E-state index contributed by atoms with van der Waals surface area (Å²) in [5, 5.41) is 10.9. The van der Waals surface area contributed by atoms with Crippen LogP contribution in [0.5, 0.6) is 0 Å². The van der Waals surface area contributed by atoms with Crippen molar-refractivity contribution < 1.29 is 13.2 Å². The largest absolute Gasteiger partial charge is 0.417 e. The molecular weight excluding hydrogens is 343 g/mol. The molecule has 0 aliphatic heterocycles. The number of alkyl halides is 3. The lowest BCUT2D eigenvalue weighted by Crippen LogP contribution is -2.08. The summed E-state index contributed by atoms with van der Waals surface area (Å²) in [5.41, 5.74) is -0.488. The van der Waals surface area contributed by atoms with Gasteiger partial charge in [-0.3, -0.25) is 0 Å². The quantitative estimate of drug-likeness (QED) is 0.555. The molecule has 0 saturated heterocycles. The Morgan fingerprint density at radius 3 is 2.50 bits per heavy atom. The number of aromatic nitrogens is 4. The summed E-state index contributed by atoms with van der Waals surface area (Å²) in [6, 6.07) is 14.3. The molecule has 0 spiro atoms. The van der Waals surface area contributed by atoms with Crippen molar-refractivity contribution >= 4 is 22.5 Å². The van der Waals surface area contributed by atoms with Crippen molar-refractivity contribution in [3.8, 4) is 11.3 Å². The van der Waals surface area contributed by atoms with E-state index in [0.29, 0.717) is 11.8 Å². The highest BCUT2D eigenvalue weighted by molar-refractivity contribution is 5.95. The highest BCUT2D eigenvalue weighted by Crippen LogP contribution is 2.38. The Morgan fingerprint density at radius 1 is 0.962 bits per heavy atom. The van der Waals surface area contributed by atoms with Gasteiger partial charge in [-0.25, -0.2) is 10.1 Å². The molecule has 8 heteroatoms. The topological polar surface area (TPSA) is 66.5 Å². The van der Waals surface area contributed by atoms with Gasteiger partial charge in [-0.1, -0.05) is 42.5 Å². The van der Waals surface area contributed by atoms with Crippen LogP contribution >= 0.6 is 0 Å². The molecule has 0 bridgehead atoms. The van der Waals surface area contributed by atoms with Gasteiger partial charge in [-0.05, 0) is 17.5 Å². The maximum Gasteiger partial charge on any atom is 0.417 e. The van der Waals surface area contributed by atoms with Gasteiger partial charge in [0.2, 0.25) is 5.95 Å². The lowest BCUT2D eigenvalue weighted by molar-refractivity contribution is -0.137. The predicted molar refractivity (Wildman–Crippen MR) is 91.8 cm³/mol. The molecular formula is C18H12F3N5. The summed E-state index contributed by atoms with van der Waals surface area (Å²) < 4.78 is 40.2. The zero-order valence-corrected chi connectivity index (χ0v) is 13.2. The number of fused-ring (bicyclic) bond motifs is 1. The minimum atomic E-state index is -4.47. The molecule has 0 atom stereocenters. The number of H-pyrrole nitrogens is 1. The Hall–Kier alpha value is -3.42. The predicted octanol–water partition coefficient (Wildman–Crippen LogP) is 4.78. The van der Waals surface area contributed by atoms with E-state index in [9.17, 15) is 13.2 Å². The average Bonchev–Trinajstić information content (AvgIpc) is 3.14. The molecule has 0 aliphatic carbocycles. The maximum absolute atomic E-state index is 13.4. The third-order valence-electron chi connectivity index (χ3n) is 3.90. The molecule has 5 nitrogen and oxygen atoms in total. The van der Waals surface area contributed by atoms with E-state index in [1.165, 1.54) is 18.5 Å². The third kappa shape index (κ3) is 2.97. The Labute approximate surface area is 145 Å². The molecule has 4 aromatic rings. The van der Waals surface area contributed by atoms with E-state index in [1.54, 1.807) is 12.1 Å². The maximum atomic E-state index is 13.4. The van der Waals surface area contributed by atoms with E-state index in [1.807, 2.05) is 24.3 Å². The van der Waals surface area contributed by atoms with Gasteiger partial charge in [0.05, 0.1) is 11.3 Å². The van der Waals surface area contributed by atoms with E-state index in [0.717, 1.165) is 16.8 Å². The molecule has 130 valence electrons. The van der Waals surface area contributed by atoms with Crippen LogP contribution < -0.4 is 5.32 Å². The normalized spacial score (nSPS) is 11.7. The molecule has 0 fully saturated rings. The second kappa shape index (κ2) is 6.14. The summed E-state index contributed by atoms with van der Waals surface area (Å²) in [7, 11) is 0. The second-order valence-electron chi connectivity index (χ2n) is 5.58. The zero-order chi connectivity index (χ0) is 18.1. The van der Waals surface area contributed by atoms with Crippen molar-refractivity contribution in [2.75, 3.05) is 5.32 Å². The van der Waals surface area contributed by atoms with Gasteiger partial charge in [-0.15, -0.1) is 0 Å². The third-order valence-corrected chi connectivity index (χ3v) is 3.90. The number of anilines is 2. The number of nitrogens with zero attached hydrogens (tertiary/aromatic N) is 3. The van der Waals surface area contributed by atoms with Gasteiger partial charge in [-0.2, -0.15) is 23.3 Å². The van der Waals surface area contributed by atoms with Gasteiger partial charge in [0.15, 0.2) is 0 Å². The number of aromatic amines is 1. The number of nitrogens with one attached hydrogen (secondary N) is 2. The van der Waals surface area contributed by atoms with E-state index in [4.69, 9.17) is 0 Å². The number of hydrogen-bond donors (Lipinski definition) is 2. The molecule has 0 aliphatic rings.